The van der Waals surface area contributed by atoms with Gasteiger partial charge in [0, 0.05) is 0 Å². The Bertz CT molecular complexity index is 107. The van der Waals surface area contributed by atoms with Crippen LogP contribution in [0.5, 0.6) is 0 Å². The summed E-state index contributed by atoms with van der Waals surface area (Å²) in [7, 11) is 0. The molecule has 0 heterocycles. The summed E-state index contributed by atoms with van der Waals surface area (Å²) in [6.07, 6.45) is 8.78. The quantitative estimate of drug-likeness (QED) is 0.506. The summed E-state index contributed by atoms with van der Waals surface area (Å²) in [5, 5.41) is 0. The highest BCUT2D eigenvalue weighted by molar-refractivity contribution is 5.00. The first-order valence-corrected chi connectivity index (χ1v) is 3.58. The van der Waals surface area contributed by atoms with Gasteiger partial charge in [-0.1, -0.05) is 30.7 Å². The molecule has 0 radical (unpaired) electrons. The van der Waals surface area contributed by atoms with Crippen LogP contribution >= 0.6 is 0 Å². The fourth-order valence-corrected chi connectivity index (χ4v) is 0.550. The standard InChI is InChI=1S/C9H16/c1-4-6-7-8-9(3)5-2/h4,6,8H,5,7H2,1-3H3/b6-4-,9-8-. The molecule has 0 atom stereocenters. The molecule has 0 spiro atoms. The maximum absolute atomic E-state index is 2.26. The fourth-order valence-electron chi connectivity index (χ4n) is 0.550. The molecule has 0 amide bonds. The molecule has 0 fully saturated rings. The molecule has 9 heavy (non-hydrogen) atoms. The molecule has 0 unspecified atom stereocenters. The molecule has 0 aliphatic heterocycles. The van der Waals surface area contributed by atoms with Crippen LogP contribution in [0.3, 0.4) is 0 Å². The minimum absolute atomic E-state index is 1.09. The van der Waals surface area contributed by atoms with Gasteiger partial charge in [0.2, 0.25) is 0 Å². The van der Waals surface area contributed by atoms with Gasteiger partial charge in [-0.2, -0.15) is 0 Å². The Balaban J connectivity index is 3.43. The Morgan fingerprint density at radius 3 is 2.56 bits per heavy atom. The minimum atomic E-state index is 1.09. The van der Waals surface area contributed by atoms with Gasteiger partial charge in [-0.05, 0) is 26.7 Å². The third-order valence-corrected chi connectivity index (χ3v) is 1.40. The van der Waals surface area contributed by atoms with Crippen molar-refractivity contribution in [1.29, 1.82) is 0 Å². The van der Waals surface area contributed by atoms with Crippen molar-refractivity contribution in [3.63, 3.8) is 0 Å². The Kier molecular flexibility index (Phi) is 5.29. The summed E-state index contributed by atoms with van der Waals surface area (Å²) in [5.41, 5.74) is 1.48. The molecule has 52 valence electrons. The predicted octanol–water partition coefficient (Wildman–Crippen LogP) is 3.31. The molecule has 0 nitrogen and oxygen atoms in total. The van der Waals surface area contributed by atoms with E-state index in [4.69, 9.17) is 0 Å². The van der Waals surface area contributed by atoms with E-state index in [1.54, 1.807) is 0 Å². The van der Waals surface area contributed by atoms with Crippen LogP contribution in [0.15, 0.2) is 23.8 Å². The molecular weight excluding hydrogens is 108 g/mol. The van der Waals surface area contributed by atoms with Crippen molar-refractivity contribution >= 4 is 0 Å². The van der Waals surface area contributed by atoms with Crippen molar-refractivity contribution in [2.24, 2.45) is 0 Å². The lowest BCUT2D eigenvalue weighted by Crippen LogP contribution is -1.69. The Hall–Kier alpha value is -0.520. The topological polar surface area (TPSA) is 0 Å². The second-order valence-corrected chi connectivity index (χ2v) is 2.21. The molecule has 0 bridgehead atoms. The molecule has 0 aliphatic carbocycles. The zero-order chi connectivity index (χ0) is 7.11. The van der Waals surface area contributed by atoms with Gasteiger partial charge in [-0.15, -0.1) is 0 Å². The third kappa shape index (κ3) is 5.35. The van der Waals surface area contributed by atoms with Gasteiger partial charge < -0.3 is 0 Å². The van der Waals surface area contributed by atoms with Crippen LogP contribution in [0.2, 0.25) is 0 Å². The van der Waals surface area contributed by atoms with Crippen molar-refractivity contribution in [2.75, 3.05) is 0 Å². The second kappa shape index (κ2) is 5.61. The summed E-state index contributed by atoms with van der Waals surface area (Å²) >= 11 is 0. The monoisotopic (exact) mass is 124 g/mol. The van der Waals surface area contributed by atoms with Crippen LogP contribution in [-0.4, -0.2) is 0 Å². The van der Waals surface area contributed by atoms with E-state index in [1.807, 2.05) is 0 Å². The van der Waals surface area contributed by atoms with Crippen molar-refractivity contribution in [1.82, 2.24) is 0 Å². The highest BCUT2D eigenvalue weighted by Gasteiger charge is 1.78. The number of hydrogen-bond donors (Lipinski definition) is 0. The third-order valence-electron chi connectivity index (χ3n) is 1.40. The second-order valence-electron chi connectivity index (χ2n) is 2.21. The van der Waals surface area contributed by atoms with E-state index in [-0.39, 0.29) is 0 Å². The van der Waals surface area contributed by atoms with Gasteiger partial charge in [-0.3, -0.25) is 0 Å². The Morgan fingerprint density at radius 2 is 2.11 bits per heavy atom. The molecule has 0 aromatic rings. The molecule has 0 saturated carbocycles. The number of hydrogen-bond acceptors (Lipinski definition) is 0. The van der Waals surface area contributed by atoms with E-state index in [0.29, 0.717) is 0 Å². The minimum Gasteiger partial charge on any atom is -0.0914 e. The van der Waals surface area contributed by atoms with E-state index >= 15 is 0 Å². The highest BCUT2D eigenvalue weighted by atomic mass is 13.9. The predicted molar refractivity (Wildman–Crippen MR) is 43.5 cm³/mol. The lowest BCUT2D eigenvalue weighted by Gasteiger charge is -1.90. The first-order chi connectivity index (χ1) is 4.31. The molecule has 0 aliphatic rings. The summed E-state index contributed by atoms with van der Waals surface area (Å²) in [4.78, 5) is 0. The highest BCUT2D eigenvalue weighted by Crippen LogP contribution is 1.99. The van der Waals surface area contributed by atoms with E-state index < -0.39 is 0 Å². The lowest BCUT2D eigenvalue weighted by molar-refractivity contribution is 1.08. The van der Waals surface area contributed by atoms with Crippen LogP contribution in [0.1, 0.15) is 33.6 Å². The van der Waals surface area contributed by atoms with Crippen LogP contribution in [0.25, 0.3) is 0 Å². The molecular formula is C9H16. The van der Waals surface area contributed by atoms with Crippen LogP contribution in [-0.2, 0) is 0 Å². The van der Waals surface area contributed by atoms with Gasteiger partial charge in [0.1, 0.15) is 0 Å². The number of rotatable bonds is 3. The molecule has 0 rings (SSSR count). The smallest absolute Gasteiger partial charge is 0.0167 e. The van der Waals surface area contributed by atoms with Gasteiger partial charge in [0.05, 0.1) is 0 Å². The normalized spacial score (nSPS) is 13.0. The molecule has 0 saturated heterocycles. The zero-order valence-electron chi connectivity index (χ0n) is 6.65. The van der Waals surface area contributed by atoms with E-state index in [9.17, 15) is 0 Å². The molecule has 0 aromatic heterocycles. The average Bonchev–Trinajstić information content (AvgIpc) is 1.89. The first-order valence-electron chi connectivity index (χ1n) is 3.58. The molecule has 0 N–H and O–H groups in total. The molecule has 0 heteroatoms. The fraction of sp³-hybridized carbons (Fsp3) is 0.556. The van der Waals surface area contributed by atoms with Crippen molar-refractivity contribution < 1.29 is 0 Å². The Morgan fingerprint density at radius 1 is 1.44 bits per heavy atom. The summed E-state index contributed by atoms with van der Waals surface area (Å²) in [6.45, 7) is 6.40. The maximum atomic E-state index is 2.26. The van der Waals surface area contributed by atoms with Crippen LogP contribution in [0, 0.1) is 0 Å². The van der Waals surface area contributed by atoms with Gasteiger partial charge in [0.25, 0.3) is 0 Å². The van der Waals surface area contributed by atoms with Crippen molar-refractivity contribution in [3.8, 4) is 0 Å². The molecule has 0 aromatic carbocycles. The summed E-state index contributed by atoms with van der Waals surface area (Å²) < 4.78 is 0. The van der Waals surface area contributed by atoms with E-state index in [2.05, 4.69) is 39.0 Å². The van der Waals surface area contributed by atoms with Gasteiger partial charge in [0.15, 0.2) is 0 Å². The van der Waals surface area contributed by atoms with E-state index in [0.717, 1.165) is 6.42 Å². The van der Waals surface area contributed by atoms with E-state index in [1.165, 1.54) is 12.0 Å². The van der Waals surface area contributed by atoms with Crippen LogP contribution in [0.4, 0.5) is 0 Å². The van der Waals surface area contributed by atoms with Crippen molar-refractivity contribution in [2.45, 2.75) is 33.6 Å². The summed E-state index contributed by atoms with van der Waals surface area (Å²) in [6, 6.07) is 0. The maximum Gasteiger partial charge on any atom is -0.0167 e. The first kappa shape index (κ1) is 8.48. The average molecular weight is 124 g/mol. The van der Waals surface area contributed by atoms with Gasteiger partial charge in [-0.25, -0.2) is 0 Å². The largest absolute Gasteiger partial charge is 0.0914 e. The SMILES string of the molecule is C/C=C\C/C=C(/C)CC. The number of allylic oxidation sites excluding steroid dienone is 4. The Labute approximate surface area is 58.3 Å². The lowest BCUT2D eigenvalue weighted by atomic mass is 10.2. The zero-order valence-corrected chi connectivity index (χ0v) is 6.65. The van der Waals surface area contributed by atoms with Crippen LogP contribution < -0.4 is 0 Å². The van der Waals surface area contributed by atoms with Gasteiger partial charge >= 0.3 is 0 Å². The van der Waals surface area contributed by atoms with Crippen molar-refractivity contribution in [3.05, 3.63) is 23.8 Å². The summed E-state index contributed by atoms with van der Waals surface area (Å²) in [5.74, 6) is 0.